The maximum atomic E-state index is 12.6. The number of nitrogens with zero attached hydrogens (tertiary/aromatic N) is 1. The SMILES string of the molecule is CN(CC(=O)OC(C)(C)C)C(=O)CCCC(=O)OC1CCC(NC(=O)OCC2c3ccccc3-c3ccccc32)CC1. The van der Waals surface area contributed by atoms with Gasteiger partial charge in [-0.15, -0.1) is 0 Å². The van der Waals surface area contributed by atoms with Crippen molar-refractivity contribution in [1.29, 1.82) is 0 Å². The first kappa shape index (κ1) is 31.1. The average Bonchev–Trinajstić information content (AvgIpc) is 3.25. The van der Waals surface area contributed by atoms with Crippen molar-refractivity contribution in [3.63, 3.8) is 0 Å². The molecule has 0 spiro atoms. The van der Waals surface area contributed by atoms with Crippen LogP contribution >= 0.6 is 0 Å². The smallest absolute Gasteiger partial charge is 0.407 e. The summed E-state index contributed by atoms with van der Waals surface area (Å²) >= 11 is 0. The Morgan fingerprint density at radius 3 is 2.05 bits per heavy atom. The predicted octanol–water partition coefficient (Wildman–Crippen LogP) is 5.35. The van der Waals surface area contributed by atoms with E-state index in [1.807, 2.05) is 24.3 Å². The molecule has 0 aromatic heterocycles. The van der Waals surface area contributed by atoms with Gasteiger partial charge in [0.05, 0.1) is 0 Å². The molecule has 0 aliphatic heterocycles. The van der Waals surface area contributed by atoms with Gasteiger partial charge in [-0.2, -0.15) is 0 Å². The van der Waals surface area contributed by atoms with Crippen LogP contribution in [0, 0.1) is 0 Å². The number of carbonyl (C=O) groups is 4. The Morgan fingerprint density at radius 2 is 1.45 bits per heavy atom. The molecule has 2 aromatic carbocycles. The van der Waals surface area contributed by atoms with Crippen LogP contribution in [0.25, 0.3) is 11.1 Å². The van der Waals surface area contributed by atoms with E-state index in [4.69, 9.17) is 14.2 Å². The van der Waals surface area contributed by atoms with Gasteiger partial charge in [-0.25, -0.2) is 4.79 Å². The van der Waals surface area contributed by atoms with Crippen LogP contribution in [0.15, 0.2) is 48.5 Å². The van der Waals surface area contributed by atoms with Crippen LogP contribution in [0.4, 0.5) is 4.79 Å². The first-order chi connectivity index (χ1) is 20.0. The largest absolute Gasteiger partial charge is 0.462 e. The molecular weight excluding hydrogens is 536 g/mol. The predicted molar refractivity (Wildman–Crippen MR) is 158 cm³/mol. The van der Waals surface area contributed by atoms with Crippen LogP contribution in [-0.4, -0.2) is 66.8 Å². The molecule has 42 heavy (non-hydrogen) atoms. The zero-order valence-corrected chi connectivity index (χ0v) is 25.0. The third-order valence-electron chi connectivity index (χ3n) is 7.62. The van der Waals surface area contributed by atoms with Crippen molar-refractivity contribution in [3.8, 4) is 11.1 Å². The third kappa shape index (κ3) is 8.57. The minimum Gasteiger partial charge on any atom is -0.462 e. The van der Waals surface area contributed by atoms with Crippen molar-refractivity contribution in [3.05, 3.63) is 59.7 Å². The highest BCUT2D eigenvalue weighted by atomic mass is 16.6. The second kappa shape index (κ2) is 13.9. The van der Waals surface area contributed by atoms with E-state index in [1.54, 1.807) is 27.8 Å². The fourth-order valence-corrected chi connectivity index (χ4v) is 5.61. The van der Waals surface area contributed by atoms with Crippen molar-refractivity contribution in [2.75, 3.05) is 20.2 Å². The summed E-state index contributed by atoms with van der Waals surface area (Å²) in [5.74, 6) is -1.03. The average molecular weight is 579 g/mol. The maximum Gasteiger partial charge on any atom is 0.407 e. The van der Waals surface area contributed by atoms with Crippen molar-refractivity contribution in [1.82, 2.24) is 10.2 Å². The number of esters is 2. The fraction of sp³-hybridized carbons (Fsp3) is 0.515. The van der Waals surface area contributed by atoms with Crippen LogP contribution < -0.4 is 5.32 Å². The van der Waals surface area contributed by atoms with Gasteiger partial charge in [0.2, 0.25) is 5.91 Å². The van der Waals surface area contributed by atoms with Crippen molar-refractivity contribution in [2.45, 2.75) is 89.4 Å². The van der Waals surface area contributed by atoms with Crippen molar-refractivity contribution < 1.29 is 33.4 Å². The highest BCUT2D eigenvalue weighted by Gasteiger charge is 2.30. The molecule has 226 valence electrons. The topological polar surface area (TPSA) is 111 Å². The molecule has 2 aliphatic rings. The van der Waals surface area contributed by atoms with E-state index >= 15 is 0 Å². The van der Waals surface area contributed by atoms with Gasteiger partial charge in [-0.3, -0.25) is 14.4 Å². The van der Waals surface area contributed by atoms with Gasteiger partial charge in [-0.05, 0) is 75.1 Å². The van der Waals surface area contributed by atoms with Crippen molar-refractivity contribution >= 4 is 23.9 Å². The summed E-state index contributed by atoms with van der Waals surface area (Å²) in [5, 5.41) is 2.97. The monoisotopic (exact) mass is 578 g/mol. The molecule has 1 saturated carbocycles. The number of benzene rings is 2. The molecule has 2 aliphatic carbocycles. The highest BCUT2D eigenvalue weighted by molar-refractivity contribution is 5.82. The molecule has 0 bridgehead atoms. The normalized spacial score (nSPS) is 17.9. The summed E-state index contributed by atoms with van der Waals surface area (Å²) in [4.78, 5) is 50.5. The Kier molecular flexibility index (Phi) is 10.2. The highest BCUT2D eigenvalue weighted by Crippen LogP contribution is 2.44. The van der Waals surface area contributed by atoms with E-state index < -0.39 is 17.7 Å². The van der Waals surface area contributed by atoms with Gasteiger partial charge >= 0.3 is 18.0 Å². The number of alkyl carbamates (subject to hydrolysis) is 1. The van der Waals surface area contributed by atoms with Gasteiger partial charge in [0.25, 0.3) is 0 Å². The number of nitrogens with one attached hydrogen (secondary N) is 1. The minimum atomic E-state index is -0.612. The third-order valence-corrected chi connectivity index (χ3v) is 7.62. The second-order valence-corrected chi connectivity index (χ2v) is 12.1. The summed E-state index contributed by atoms with van der Waals surface area (Å²) in [6, 6.07) is 16.4. The Morgan fingerprint density at radius 1 is 0.857 bits per heavy atom. The van der Waals surface area contributed by atoms with Gasteiger partial charge in [0.15, 0.2) is 0 Å². The molecule has 4 rings (SSSR count). The second-order valence-electron chi connectivity index (χ2n) is 12.1. The van der Waals surface area contributed by atoms with Gasteiger partial charge in [0.1, 0.15) is 24.9 Å². The lowest BCUT2D eigenvalue weighted by Gasteiger charge is -2.28. The van der Waals surface area contributed by atoms with Crippen LogP contribution in [0.1, 0.15) is 82.8 Å². The zero-order valence-electron chi connectivity index (χ0n) is 25.0. The van der Waals surface area contributed by atoms with Crippen LogP contribution in [-0.2, 0) is 28.6 Å². The standard InChI is InChI=1S/C33H42N2O7/c1-33(2,3)42-31(38)20-35(4)29(36)14-9-15-30(37)41-23-18-16-22(17-19-23)34-32(39)40-21-28-26-12-7-5-10-24(26)25-11-6-8-13-27(25)28/h5-8,10-13,22-23,28H,9,14-21H2,1-4H3,(H,34,39). The molecule has 0 atom stereocenters. The number of hydrogen-bond acceptors (Lipinski definition) is 7. The molecule has 2 aromatic rings. The van der Waals surface area contributed by atoms with Gasteiger partial charge in [-0.1, -0.05) is 48.5 Å². The molecule has 9 nitrogen and oxygen atoms in total. The molecule has 0 unspecified atom stereocenters. The first-order valence-electron chi connectivity index (χ1n) is 14.8. The number of carbonyl (C=O) groups excluding carboxylic acids is 4. The Balaban J connectivity index is 1.11. The molecule has 2 amide bonds. The number of hydrogen-bond donors (Lipinski definition) is 1. The van der Waals surface area contributed by atoms with Crippen LogP contribution in [0.5, 0.6) is 0 Å². The number of likely N-dealkylation sites (N-methyl/N-ethyl adjacent to an activating group) is 1. The molecule has 0 heterocycles. The fourth-order valence-electron chi connectivity index (χ4n) is 5.61. The Hall–Kier alpha value is -3.88. The van der Waals surface area contributed by atoms with E-state index in [0.29, 0.717) is 32.1 Å². The van der Waals surface area contributed by atoms with E-state index in [2.05, 4.69) is 29.6 Å². The number of ether oxygens (including phenoxy) is 3. The molecule has 9 heteroatoms. The van der Waals surface area contributed by atoms with E-state index in [0.717, 1.165) is 0 Å². The lowest BCUT2D eigenvalue weighted by molar-refractivity contribution is -0.158. The van der Waals surface area contributed by atoms with Crippen LogP contribution in [0.2, 0.25) is 0 Å². The molecule has 1 fully saturated rings. The molecule has 0 radical (unpaired) electrons. The van der Waals surface area contributed by atoms with Gasteiger partial charge < -0.3 is 24.4 Å². The minimum absolute atomic E-state index is 0.0129. The first-order valence-corrected chi connectivity index (χ1v) is 14.8. The Bertz CT molecular complexity index is 1230. The lowest BCUT2D eigenvalue weighted by Crippen LogP contribution is -2.40. The van der Waals surface area contributed by atoms with E-state index in [9.17, 15) is 19.2 Å². The quantitative estimate of drug-likeness (QED) is 0.299. The number of fused-ring (bicyclic) bond motifs is 3. The zero-order chi connectivity index (χ0) is 30.3. The summed E-state index contributed by atoms with van der Waals surface area (Å²) in [6.07, 6.45) is 2.66. The van der Waals surface area contributed by atoms with Gasteiger partial charge in [0, 0.05) is 31.8 Å². The molecule has 0 saturated heterocycles. The molecule has 1 N–H and O–H groups in total. The summed E-state index contributed by atoms with van der Waals surface area (Å²) in [5.41, 5.74) is 4.11. The van der Waals surface area contributed by atoms with Crippen molar-refractivity contribution in [2.24, 2.45) is 0 Å². The summed E-state index contributed by atoms with van der Waals surface area (Å²) in [6.45, 7) is 5.45. The van der Waals surface area contributed by atoms with E-state index in [-0.39, 0.29) is 55.9 Å². The van der Waals surface area contributed by atoms with Crippen LogP contribution in [0.3, 0.4) is 0 Å². The Labute approximate surface area is 247 Å². The summed E-state index contributed by atoms with van der Waals surface area (Å²) in [7, 11) is 1.54. The number of amides is 2. The van der Waals surface area contributed by atoms with E-state index in [1.165, 1.54) is 27.2 Å². The summed E-state index contributed by atoms with van der Waals surface area (Å²) < 4.78 is 16.5. The lowest BCUT2D eigenvalue weighted by atomic mass is 9.93. The molecular formula is C33H42N2O7. The number of rotatable bonds is 10. The maximum absolute atomic E-state index is 12.6.